The lowest BCUT2D eigenvalue weighted by molar-refractivity contribution is 0.269. The van der Waals surface area contributed by atoms with Gasteiger partial charge >= 0.3 is 0 Å². The number of aliphatic hydroxyl groups excluding tert-OH is 1. The Kier molecular flexibility index (Phi) is 4.17. The zero-order chi connectivity index (χ0) is 11.4. The maximum Gasteiger partial charge on any atom is 0.159 e. The summed E-state index contributed by atoms with van der Waals surface area (Å²) in [6.45, 7) is 1.76. The molecule has 84 valence electrons. The fraction of sp³-hybridized carbons (Fsp3) is 0.455. The van der Waals surface area contributed by atoms with Crippen LogP contribution < -0.4 is 5.73 Å². The zero-order valence-corrected chi connectivity index (χ0v) is 8.58. The summed E-state index contributed by atoms with van der Waals surface area (Å²) in [5.74, 6) is -1.90. The van der Waals surface area contributed by atoms with Crippen molar-refractivity contribution in [1.82, 2.24) is 0 Å². The first-order chi connectivity index (χ1) is 7.06. The first-order valence-electron chi connectivity index (χ1n) is 4.87. The third kappa shape index (κ3) is 2.97. The van der Waals surface area contributed by atoms with Crippen LogP contribution in [-0.4, -0.2) is 17.8 Å². The highest BCUT2D eigenvalue weighted by molar-refractivity contribution is 5.23. The third-order valence-electron chi connectivity index (χ3n) is 2.45. The summed E-state index contributed by atoms with van der Waals surface area (Å²) in [4.78, 5) is 0. The van der Waals surface area contributed by atoms with E-state index in [-0.39, 0.29) is 18.6 Å². The van der Waals surface area contributed by atoms with Crippen molar-refractivity contribution in [2.75, 3.05) is 6.61 Å². The molecule has 0 aliphatic heterocycles. The highest BCUT2D eigenvalue weighted by Gasteiger charge is 2.17. The molecule has 2 unspecified atom stereocenters. The van der Waals surface area contributed by atoms with Crippen molar-refractivity contribution in [1.29, 1.82) is 0 Å². The van der Waals surface area contributed by atoms with Crippen LogP contribution >= 0.6 is 0 Å². The Morgan fingerprint density at radius 1 is 1.33 bits per heavy atom. The summed E-state index contributed by atoms with van der Waals surface area (Å²) in [6, 6.07) is 3.51. The molecule has 0 amide bonds. The van der Waals surface area contributed by atoms with Gasteiger partial charge in [0.2, 0.25) is 0 Å². The molecule has 0 radical (unpaired) electrons. The van der Waals surface area contributed by atoms with Gasteiger partial charge in [0.05, 0.1) is 0 Å². The molecular formula is C11H15F2NO. The summed E-state index contributed by atoms with van der Waals surface area (Å²) < 4.78 is 25.7. The average molecular weight is 215 g/mol. The molecule has 15 heavy (non-hydrogen) atoms. The second-order valence-electron chi connectivity index (χ2n) is 3.65. The molecule has 2 nitrogen and oxygen atoms in total. The molecule has 0 heterocycles. The Labute approximate surface area is 87.7 Å². The van der Waals surface area contributed by atoms with Gasteiger partial charge in [-0.25, -0.2) is 8.78 Å². The van der Waals surface area contributed by atoms with Gasteiger partial charge < -0.3 is 10.8 Å². The van der Waals surface area contributed by atoms with Crippen LogP contribution in [0.5, 0.6) is 0 Å². The molecular weight excluding hydrogens is 200 g/mol. The SMILES string of the molecule is CC(N)C(CCO)c1ccc(F)c(F)c1. The lowest BCUT2D eigenvalue weighted by Gasteiger charge is -2.20. The maximum absolute atomic E-state index is 13.0. The molecule has 1 aromatic carbocycles. The van der Waals surface area contributed by atoms with E-state index in [1.54, 1.807) is 6.92 Å². The van der Waals surface area contributed by atoms with Gasteiger partial charge in [0.15, 0.2) is 11.6 Å². The van der Waals surface area contributed by atoms with Gasteiger partial charge in [0.25, 0.3) is 0 Å². The van der Waals surface area contributed by atoms with E-state index in [0.29, 0.717) is 12.0 Å². The van der Waals surface area contributed by atoms with Crippen LogP contribution in [0.25, 0.3) is 0 Å². The van der Waals surface area contributed by atoms with E-state index in [1.807, 2.05) is 0 Å². The van der Waals surface area contributed by atoms with E-state index in [9.17, 15) is 8.78 Å². The normalized spacial score (nSPS) is 15.0. The lowest BCUT2D eigenvalue weighted by Crippen LogP contribution is -2.25. The Bertz CT molecular complexity index is 328. The van der Waals surface area contributed by atoms with Crippen LogP contribution in [0.1, 0.15) is 24.8 Å². The van der Waals surface area contributed by atoms with Crippen LogP contribution in [0.4, 0.5) is 8.78 Å². The minimum atomic E-state index is -0.879. The molecule has 2 atom stereocenters. The predicted octanol–water partition coefficient (Wildman–Crippen LogP) is 1.78. The second-order valence-corrected chi connectivity index (χ2v) is 3.65. The van der Waals surface area contributed by atoms with Gasteiger partial charge in [-0.3, -0.25) is 0 Å². The summed E-state index contributed by atoms with van der Waals surface area (Å²) in [5, 5.41) is 8.85. The summed E-state index contributed by atoms with van der Waals surface area (Å²) >= 11 is 0. The minimum absolute atomic E-state index is 0.0226. The molecule has 3 N–H and O–H groups in total. The van der Waals surface area contributed by atoms with Crippen molar-refractivity contribution in [2.24, 2.45) is 5.73 Å². The molecule has 1 rings (SSSR count). The number of halogens is 2. The van der Waals surface area contributed by atoms with Gasteiger partial charge in [-0.15, -0.1) is 0 Å². The van der Waals surface area contributed by atoms with Gasteiger partial charge in [0.1, 0.15) is 0 Å². The molecule has 0 saturated carbocycles. The summed E-state index contributed by atoms with van der Waals surface area (Å²) in [5.41, 5.74) is 6.34. The quantitative estimate of drug-likeness (QED) is 0.804. The third-order valence-corrected chi connectivity index (χ3v) is 2.45. The Morgan fingerprint density at radius 3 is 2.47 bits per heavy atom. The Morgan fingerprint density at radius 2 is 2.00 bits per heavy atom. The summed E-state index contributed by atoms with van der Waals surface area (Å²) in [6.07, 6.45) is 0.447. The van der Waals surface area contributed by atoms with Crippen LogP contribution in [0.3, 0.4) is 0 Å². The second kappa shape index (κ2) is 5.19. The highest BCUT2D eigenvalue weighted by Crippen LogP contribution is 2.23. The molecule has 0 fully saturated rings. The van der Waals surface area contributed by atoms with Gasteiger partial charge in [-0.2, -0.15) is 0 Å². The fourth-order valence-corrected chi connectivity index (χ4v) is 1.62. The molecule has 0 aliphatic rings. The average Bonchev–Trinajstić information content (AvgIpc) is 2.18. The number of rotatable bonds is 4. The first-order valence-corrected chi connectivity index (χ1v) is 4.87. The van der Waals surface area contributed by atoms with Crippen molar-refractivity contribution >= 4 is 0 Å². The standard InChI is InChI=1S/C11H15F2NO/c1-7(14)9(4-5-15)8-2-3-10(12)11(13)6-8/h2-3,6-7,9,15H,4-5,14H2,1H3. The molecule has 0 aliphatic carbocycles. The molecule has 1 aromatic rings. The van der Waals surface area contributed by atoms with E-state index in [1.165, 1.54) is 6.07 Å². The topological polar surface area (TPSA) is 46.2 Å². The Hall–Kier alpha value is -1.00. The monoisotopic (exact) mass is 215 g/mol. The number of hydrogen-bond donors (Lipinski definition) is 2. The Balaban J connectivity index is 2.95. The van der Waals surface area contributed by atoms with Crippen molar-refractivity contribution in [2.45, 2.75) is 25.3 Å². The number of benzene rings is 1. The van der Waals surface area contributed by atoms with Crippen molar-refractivity contribution < 1.29 is 13.9 Å². The molecule has 0 saturated heterocycles. The highest BCUT2D eigenvalue weighted by atomic mass is 19.2. The van der Waals surface area contributed by atoms with Crippen LogP contribution in [0.2, 0.25) is 0 Å². The van der Waals surface area contributed by atoms with E-state index in [2.05, 4.69) is 0 Å². The first kappa shape index (κ1) is 12.1. The van der Waals surface area contributed by atoms with Crippen molar-refractivity contribution in [3.05, 3.63) is 35.4 Å². The smallest absolute Gasteiger partial charge is 0.159 e. The fourth-order valence-electron chi connectivity index (χ4n) is 1.62. The number of aliphatic hydroxyl groups is 1. The maximum atomic E-state index is 13.0. The lowest BCUT2D eigenvalue weighted by atomic mass is 9.90. The zero-order valence-electron chi connectivity index (χ0n) is 8.58. The van der Waals surface area contributed by atoms with E-state index < -0.39 is 11.6 Å². The largest absolute Gasteiger partial charge is 0.396 e. The van der Waals surface area contributed by atoms with E-state index in [4.69, 9.17) is 10.8 Å². The van der Waals surface area contributed by atoms with Gasteiger partial charge in [-0.05, 0) is 31.0 Å². The number of nitrogens with two attached hydrogens (primary N) is 1. The van der Waals surface area contributed by atoms with Crippen LogP contribution in [0, 0.1) is 11.6 Å². The molecule has 0 spiro atoms. The summed E-state index contributed by atoms with van der Waals surface area (Å²) in [7, 11) is 0. The van der Waals surface area contributed by atoms with Crippen LogP contribution in [-0.2, 0) is 0 Å². The van der Waals surface area contributed by atoms with Gasteiger partial charge in [0, 0.05) is 18.6 Å². The van der Waals surface area contributed by atoms with Crippen molar-refractivity contribution in [3.63, 3.8) is 0 Å². The van der Waals surface area contributed by atoms with Gasteiger partial charge in [-0.1, -0.05) is 6.07 Å². The van der Waals surface area contributed by atoms with Crippen LogP contribution in [0.15, 0.2) is 18.2 Å². The minimum Gasteiger partial charge on any atom is -0.396 e. The molecule has 0 aromatic heterocycles. The molecule has 0 bridgehead atoms. The van der Waals surface area contributed by atoms with E-state index in [0.717, 1.165) is 12.1 Å². The number of hydrogen-bond acceptors (Lipinski definition) is 2. The van der Waals surface area contributed by atoms with E-state index >= 15 is 0 Å². The van der Waals surface area contributed by atoms with Crippen molar-refractivity contribution in [3.8, 4) is 0 Å². The predicted molar refractivity (Wildman–Crippen MR) is 54.5 cm³/mol. The molecule has 4 heteroatoms.